The summed E-state index contributed by atoms with van der Waals surface area (Å²) in [5, 5.41) is 3.86. The minimum atomic E-state index is -3.41. The van der Waals surface area contributed by atoms with Crippen LogP contribution in [0.3, 0.4) is 0 Å². The van der Waals surface area contributed by atoms with Gasteiger partial charge in [0.05, 0.1) is 22.0 Å². The Balaban J connectivity index is 1.38. The lowest BCUT2D eigenvalue weighted by molar-refractivity contribution is 0.102. The summed E-state index contributed by atoms with van der Waals surface area (Å²) < 4.78 is 27.4. The van der Waals surface area contributed by atoms with E-state index in [4.69, 9.17) is 0 Å². The first-order valence-corrected chi connectivity index (χ1v) is 12.4. The van der Waals surface area contributed by atoms with Crippen LogP contribution in [0.2, 0.25) is 0 Å². The fourth-order valence-electron chi connectivity index (χ4n) is 3.35. The van der Waals surface area contributed by atoms with Gasteiger partial charge in [0.2, 0.25) is 0 Å². The molecule has 0 fully saturated rings. The summed E-state index contributed by atoms with van der Waals surface area (Å²) in [4.78, 5) is 21.0. The minimum absolute atomic E-state index is 0.00805. The number of fused-ring (bicyclic) bond motifs is 3. The van der Waals surface area contributed by atoms with Gasteiger partial charge in [-0.15, -0.1) is 4.40 Å². The van der Waals surface area contributed by atoms with Crippen LogP contribution in [0.15, 0.2) is 57.8 Å². The van der Waals surface area contributed by atoms with Crippen LogP contribution in [0.25, 0.3) is 10.4 Å². The average Bonchev–Trinajstić information content (AvgIpc) is 3.26. The Kier molecular flexibility index (Phi) is 4.64. The molecule has 1 N–H and O–H groups in total. The Morgan fingerprint density at radius 3 is 2.77 bits per heavy atom. The Morgan fingerprint density at radius 2 is 1.97 bits per heavy atom. The molecule has 0 saturated carbocycles. The van der Waals surface area contributed by atoms with E-state index < -0.39 is 10.0 Å². The molecule has 30 heavy (non-hydrogen) atoms. The fraction of sp³-hybridized carbons (Fsp3) is 0.150. The van der Waals surface area contributed by atoms with Crippen molar-refractivity contribution in [2.45, 2.75) is 11.8 Å². The highest BCUT2D eigenvalue weighted by atomic mass is 32.2. The normalized spacial score (nSPS) is 16.6. The lowest BCUT2D eigenvalue weighted by Gasteiger charge is -2.22. The first-order chi connectivity index (χ1) is 14.4. The molecule has 0 radical (unpaired) electrons. The van der Waals surface area contributed by atoms with Gasteiger partial charge in [-0.1, -0.05) is 41.7 Å². The van der Waals surface area contributed by atoms with Gasteiger partial charge in [0, 0.05) is 17.0 Å². The van der Waals surface area contributed by atoms with Crippen molar-refractivity contribution in [3.8, 4) is 10.4 Å². The number of thiazole rings is 1. The van der Waals surface area contributed by atoms with Gasteiger partial charge in [0.25, 0.3) is 15.9 Å². The van der Waals surface area contributed by atoms with E-state index in [1.807, 2.05) is 48.2 Å². The van der Waals surface area contributed by atoms with Crippen LogP contribution < -0.4 is 10.2 Å². The number of carbonyl (C=O) groups is 1. The van der Waals surface area contributed by atoms with Crippen LogP contribution in [0.4, 0.5) is 10.8 Å². The molecule has 0 unspecified atom stereocenters. The van der Waals surface area contributed by atoms with E-state index in [-0.39, 0.29) is 11.7 Å². The van der Waals surface area contributed by atoms with Gasteiger partial charge >= 0.3 is 0 Å². The van der Waals surface area contributed by atoms with Crippen molar-refractivity contribution >= 4 is 55.0 Å². The zero-order chi connectivity index (χ0) is 20.9. The number of sulfonamides is 1. The van der Waals surface area contributed by atoms with Crippen LogP contribution in [0.1, 0.15) is 16.1 Å². The maximum atomic E-state index is 12.8. The zero-order valence-corrected chi connectivity index (χ0v) is 18.3. The molecule has 2 aromatic carbocycles. The molecule has 152 valence electrons. The monoisotopic (exact) mass is 456 g/mol. The summed E-state index contributed by atoms with van der Waals surface area (Å²) in [7, 11) is -3.41. The van der Waals surface area contributed by atoms with Gasteiger partial charge in [-0.2, -0.15) is 0 Å². The number of anilines is 2. The summed E-state index contributed by atoms with van der Waals surface area (Å²) in [6, 6.07) is 15.3. The van der Waals surface area contributed by atoms with Gasteiger partial charge in [-0.25, -0.2) is 13.4 Å². The van der Waals surface area contributed by atoms with Crippen molar-refractivity contribution in [2.24, 2.45) is 4.40 Å². The second kappa shape index (κ2) is 7.22. The van der Waals surface area contributed by atoms with E-state index >= 15 is 0 Å². The molecule has 2 aliphatic heterocycles. The lowest BCUT2D eigenvalue weighted by Crippen LogP contribution is -2.35. The molecular formula is C20H16N4O3S3. The smallest absolute Gasteiger partial charge is 0.257 e. The summed E-state index contributed by atoms with van der Waals surface area (Å²) in [6.07, 6.45) is 0. The molecule has 5 rings (SSSR count). The van der Waals surface area contributed by atoms with Crippen molar-refractivity contribution in [1.82, 2.24) is 4.98 Å². The SMILES string of the molecule is Cc1nc(NC(=O)c2ccc3c(c2)SC2=NS(=O)(=O)CCN23)sc1-c1ccccc1. The molecule has 0 aliphatic carbocycles. The molecule has 2 aliphatic rings. The minimum Gasteiger partial charge on any atom is -0.318 e. The second-order valence-electron chi connectivity index (χ2n) is 6.85. The summed E-state index contributed by atoms with van der Waals surface area (Å²) >= 11 is 2.70. The predicted octanol–water partition coefficient (Wildman–Crippen LogP) is 3.98. The number of hydrogen-bond donors (Lipinski definition) is 1. The number of aryl methyl sites for hydroxylation is 1. The van der Waals surface area contributed by atoms with E-state index in [1.54, 1.807) is 12.1 Å². The van der Waals surface area contributed by atoms with Crippen LogP contribution in [0.5, 0.6) is 0 Å². The van der Waals surface area contributed by atoms with Gasteiger partial charge in [0.15, 0.2) is 10.3 Å². The third-order valence-corrected chi connectivity index (χ3v) is 8.22. The summed E-state index contributed by atoms with van der Waals surface area (Å²) in [5.74, 6) is -0.266. The lowest BCUT2D eigenvalue weighted by atomic mass is 10.2. The molecule has 0 saturated heterocycles. The molecule has 1 aromatic heterocycles. The third-order valence-electron chi connectivity index (χ3n) is 4.79. The van der Waals surface area contributed by atoms with Crippen LogP contribution in [0, 0.1) is 6.92 Å². The van der Waals surface area contributed by atoms with Gasteiger partial charge in [-0.05, 0) is 42.4 Å². The van der Waals surface area contributed by atoms with Gasteiger partial charge in [-0.3, -0.25) is 10.1 Å². The van der Waals surface area contributed by atoms with Crippen LogP contribution in [-0.4, -0.2) is 36.8 Å². The predicted molar refractivity (Wildman–Crippen MR) is 121 cm³/mol. The molecule has 7 nitrogen and oxygen atoms in total. The molecule has 10 heteroatoms. The first kappa shape index (κ1) is 19.3. The van der Waals surface area contributed by atoms with E-state index in [0.717, 1.165) is 26.7 Å². The number of amides is 1. The number of amidine groups is 1. The maximum Gasteiger partial charge on any atom is 0.257 e. The number of nitrogens with one attached hydrogen (secondary N) is 1. The molecule has 3 heterocycles. The molecule has 0 atom stereocenters. The van der Waals surface area contributed by atoms with E-state index in [2.05, 4.69) is 14.7 Å². The standard InChI is InChI=1S/C20H16N4O3S3/c1-12-17(13-5-3-2-4-6-13)29-19(21-12)22-18(25)14-7-8-15-16(11-14)28-20-23-30(26,27)10-9-24(15)20/h2-8,11H,9-10H2,1H3,(H,21,22,25). The van der Waals surface area contributed by atoms with Crippen molar-refractivity contribution in [2.75, 3.05) is 22.5 Å². The average molecular weight is 457 g/mol. The van der Waals surface area contributed by atoms with E-state index in [1.165, 1.54) is 23.1 Å². The quantitative estimate of drug-likeness (QED) is 0.641. The number of carbonyl (C=O) groups excluding carboxylic acids is 1. The largest absolute Gasteiger partial charge is 0.318 e. The molecule has 0 spiro atoms. The molecule has 0 bridgehead atoms. The van der Waals surface area contributed by atoms with Gasteiger partial charge < -0.3 is 4.90 Å². The number of benzene rings is 2. The van der Waals surface area contributed by atoms with Crippen LogP contribution >= 0.6 is 23.1 Å². The topological polar surface area (TPSA) is 91.7 Å². The highest BCUT2D eigenvalue weighted by Crippen LogP contribution is 2.42. The third kappa shape index (κ3) is 3.51. The molecule has 1 amide bonds. The Morgan fingerprint density at radius 1 is 1.17 bits per heavy atom. The fourth-order valence-corrected chi connectivity index (χ4v) is 6.61. The number of hydrogen-bond acceptors (Lipinski definition) is 7. The zero-order valence-electron chi connectivity index (χ0n) is 15.8. The van der Waals surface area contributed by atoms with E-state index in [9.17, 15) is 13.2 Å². The van der Waals surface area contributed by atoms with Crippen molar-refractivity contribution in [3.05, 3.63) is 59.8 Å². The van der Waals surface area contributed by atoms with Crippen molar-refractivity contribution in [1.29, 1.82) is 0 Å². The summed E-state index contributed by atoms with van der Waals surface area (Å²) in [6.45, 7) is 2.29. The summed E-state index contributed by atoms with van der Waals surface area (Å²) in [5.41, 5.74) is 3.29. The van der Waals surface area contributed by atoms with E-state index in [0.29, 0.717) is 22.4 Å². The number of nitrogens with zero attached hydrogens (tertiary/aromatic N) is 3. The van der Waals surface area contributed by atoms with Crippen LogP contribution in [-0.2, 0) is 10.0 Å². The number of thioether (sulfide) groups is 1. The van der Waals surface area contributed by atoms with Crippen molar-refractivity contribution in [3.63, 3.8) is 0 Å². The number of aromatic nitrogens is 1. The van der Waals surface area contributed by atoms with Crippen molar-refractivity contribution < 1.29 is 13.2 Å². The Bertz CT molecular complexity index is 1300. The Hall–Kier alpha value is -2.69. The van der Waals surface area contributed by atoms with Gasteiger partial charge in [0.1, 0.15) is 0 Å². The second-order valence-corrected chi connectivity index (χ2v) is 10.6. The molecule has 3 aromatic rings. The number of rotatable bonds is 3. The highest BCUT2D eigenvalue weighted by Gasteiger charge is 2.33. The molecular weight excluding hydrogens is 440 g/mol. The Labute approximate surface area is 181 Å². The maximum absolute atomic E-state index is 12.8. The highest BCUT2D eigenvalue weighted by molar-refractivity contribution is 8.15. The first-order valence-electron chi connectivity index (χ1n) is 9.16.